The molecule has 6 nitrogen and oxygen atoms in total. The van der Waals surface area contributed by atoms with E-state index in [4.69, 9.17) is 23.8 Å². The molecule has 0 saturated carbocycles. The van der Waals surface area contributed by atoms with Crippen LogP contribution in [0.25, 0.3) is 88.8 Å². The Morgan fingerprint density at radius 2 is 0.909 bits per heavy atom. The van der Waals surface area contributed by atoms with E-state index in [1.54, 1.807) is 0 Å². The van der Waals surface area contributed by atoms with Crippen LogP contribution in [0.2, 0.25) is 0 Å². The van der Waals surface area contributed by atoms with Crippen molar-refractivity contribution >= 4 is 71.8 Å². The topological polar surface area (TPSA) is 68.2 Å². The second-order valence-corrected chi connectivity index (χ2v) is 13.5. The van der Waals surface area contributed by atoms with Gasteiger partial charge in [-0.3, -0.25) is 0 Å². The lowest BCUT2D eigenvalue weighted by Crippen LogP contribution is -2.09. The summed E-state index contributed by atoms with van der Waals surface area (Å²) >= 11 is 0. The molecule has 0 aliphatic heterocycles. The van der Waals surface area contributed by atoms with E-state index < -0.39 is 0 Å². The summed E-state index contributed by atoms with van der Waals surface area (Å²) in [6.45, 7) is 0. The normalized spacial score (nSPS) is 12.1. The first-order valence-corrected chi connectivity index (χ1v) is 18.1. The van der Waals surface area contributed by atoms with Crippen LogP contribution < -0.4 is 4.90 Å². The first-order valence-electron chi connectivity index (χ1n) is 19.1. The molecular formula is C49H30N4O2. The van der Waals surface area contributed by atoms with Gasteiger partial charge in [0.15, 0.2) is 11.2 Å². The van der Waals surface area contributed by atoms with E-state index in [0.717, 1.165) is 83.0 Å². The Hall–Kier alpha value is -7.57. The van der Waals surface area contributed by atoms with Gasteiger partial charge < -0.3 is 13.7 Å². The molecule has 0 radical (unpaired) electrons. The number of rotatable bonds is 6. The highest BCUT2D eigenvalue weighted by Crippen LogP contribution is 2.40. The first kappa shape index (κ1) is 28.9. The van der Waals surface area contributed by atoms with Gasteiger partial charge in [0.25, 0.3) is 0 Å². The van der Waals surface area contributed by atoms with Crippen molar-refractivity contribution in [3.63, 3.8) is 0 Å². The van der Waals surface area contributed by atoms with E-state index >= 15 is 0 Å². The molecule has 0 bridgehead atoms. The predicted octanol–water partition coefficient (Wildman–Crippen LogP) is 13.3. The third-order valence-corrected chi connectivity index (χ3v) is 10.1. The molecule has 0 unspecified atom stereocenters. The van der Waals surface area contributed by atoms with Gasteiger partial charge in [0.05, 0.1) is 13.8 Å². The van der Waals surface area contributed by atoms with Gasteiger partial charge in [-0.1, -0.05) is 78.8 Å². The molecule has 0 aliphatic rings. The second-order valence-electron chi connectivity index (χ2n) is 13.5. The minimum atomic E-state index is 0.250. The number of nitrogens with zero attached hydrogens (tertiary/aromatic N) is 4. The molecular weight excluding hydrogens is 677 g/mol. The SMILES string of the molecule is [2H]c1cc(-c2c3ccccc3nc3ccccc23)cc2ccc(N(c3ccc(-c4nc5ccccc5o4)cc3)c3ccc(-c4nc5ccccc5o4)cc3)c([2H])c12. The summed E-state index contributed by atoms with van der Waals surface area (Å²) in [6.07, 6.45) is 0. The van der Waals surface area contributed by atoms with Crippen molar-refractivity contribution in [1.82, 2.24) is 15.0 Å². The molecule has 0 aliphatic carbocycles. The van der Waals surface area contributed by atoms with Crippen LogP contribution in [0.5, 0.6) is 0 Å². The molecule has 258 valence electrons. The van der Waals surface area contributed by atoms with Crippen LogP contribution in [0, 0.1) is 0 Å². The lowest BCUT2D eigenvalue weighted by molar-refractivity contribution is 0.619. The number of anilines is 3. The number of benzene rings is 8. The summed E-state index contributed by atoms with van der Waals surface area (Å²) in [4.78, 5) is 16.4. The summed E-state index contributed by atoms with van der Waals surface area (Å²) in [5.74, 6) is 1.07. The van der Waals surface area contributed by atoms with Crippen LogP contribution in [-0.2, 0) is 0 Å². The van der Waals surface area contributed by atoms with Gasteiger partial charge in [0, 0.05) is 44.5 Å². The fraction of sp³-hybridized carbons (Fsp3) is 0. The maximum absolute atomic E-state index is 9.70. The van der Waals surface area contributed by atoms with Crippen LogP contribution in [0.1, 0.15) is 2.74 Å². The number of hydrogen-bond acceptors (Lipinski definition) is 6. The van der Waals surface area contributed by atoms with E-state index in [1.165, 1.54) is 0 Å². The molecule has 8 aromatic carbocycles. The number of fused-ring (bicyclic) bond motifs is 5. The van der Waals surface area contributed by atoms with Crippen molar-refractivity contribution in [2.24, 2.45) is 0 Å². The fourth-order valence-electron chi connectivity index (χ4n) is 7.44. The molecule has 0 atom stereocenters. The van der Waals surface area contributed by atoms with Crippen molar-refractivity contribution in [3.8, 4) is 34.0 Å². The maximum Gasteiger partial charge on any atom is 0.227 e. The van der Waals surface area contributed by atoms with Crippen molar-refractivity contribution < 1.29 is 11.6 Å². The molecule has 0 saturated heterocycles. The average molecular weight is 709 g/mol. The molecule has 6 heteroatoms. The lowest BCUT2D eigenvalue weighted by Gasteiger charge is -2.26. The Morgan fingerprint density at radius 3 is 1.45 bits per heavy atom. The van der Waals surface area contributed by atoms with Gasteiger partial charge in [-0.15, -0.1) is 0 Å². The van der Waals surface area contributed by atoms with Crippen molar-refractivity contribution in [3.05, 3.63) is 182 Å². The number of hydrogen-bond donors (Lipinski definition) is 0. The zero-order valence-corrected chi connectivity index (χ0v) is 29.3. The largest absolute Gasteiger partial charge is 0.436 e. The molecule has 3 heterocycles. The molecule has 3 aromatic heterocycles. The smallest absolute Gasteiger partial charge is 0.227 e. The minimum absolute atomic E-state index is 0.250. The number of para-hydroxylation sites is 6. The molecule has 0 fully saturated rings. The Balaban J connectivity index is 1.05. The summed E-state index contributed by atoms with van der Waals surface area (Å²) in [5, 5.41) is 3.42. The van der Waals surface area contributed by atoms with Crippen LogP contribution in [0.3, 0.4) is 0 Å². The molecule has 0 amide bonds. The van der Waals surface area contributed by atoms with E-state index in [2.05, 4.69) is 18.2 Å². The number of pyridine rings is 1. The quantitative estimate of drug-likeness (QED) is 0.160. The Kier molecular flexibility index (Phi) is 6.60. The molecule has 0 spiro atoms. The van der Waals surface area contributed by atoms with E-state index in [-0.39, 0.29) is 12.1 Å². The second kappa shape index (κ2) is 12.5. The van der Waals surface area contributed by atoms with Gasteiger partial charge in [-0.25, -0.2) is 15.0 Å². The van der Waals surface area contributed by atoms with Gasteiger partial charge in [0.2, 0.25) is 11.8 Å². The predicted molar refractivity (Wildman–Crippen MR) is 223 cm³/mol. The highest BCUT2D eigenvalue weighted by molar-refractivity contribution is 6.10. The van der Waals surface area contributed by atoms with E-state index in [0.29, 0.717) is 22.9 Å². The van der Waals surface area contributed by atoms with Gasteiger partial charge in [-0.2, -0.15) is 0 Å². The van der Waals surface area contributed by atoms with Gasteiger partial charge >= 0.3 is 0 Å². The Morgan fingerprint density at radius 1 is 0.418 bits per heavy atom. The highest BCUT2D eigenvalue weighted by Gasteiger charge is 2.17. The third kappa shape index (κ3) is 5.39. The Labute approximate surface area is 318 Å². The van der Waals surface area contributed by atoms with Gasteiger partial charge in [-0.05, 0) is 119 Å². The van der Waals surface area contributed by atoms with Crippen LogP contribution >= 0.6 is 0 Å². The summed E-state index contributed by atoms with van der Waals surface area (Å²) < 4.78 is 31.3. The molecule has 0 N–H and O–H groups in total. The number of aromatic nitrogens is 3. The average Bonchev–Trinajstić information content (AvgIpc) is 3.89. The summed E-state index contributed by atoms with van der Waals surface area (Å²) in [6, 6.07) is 56.1. The van der Waals surface area contributed by atoms with Gasteiger partial charge in [0.1, 0.15) is 11.0 Å². The van der Waals surface area contributed by atoms with Crippen LogP contribution in [0.4, 0.5) is 17.1 Å². The van der Waals surface area contributed by atoms with E-state index in [9.17, 15) is 2.74 Å². The maximum atomic E-state index is 9.70. The zero-order valence-electron chi connectivity index (χ0n) is 31.3. The van der Waals surface area contributed by atoms with Crippen molar-refractivity contribution in [1.29, 1.82) is 0 Å². The summed E-state index contributed by atoms with van der Waals surface area (Å²) in [7, 11) is 0. The van der Waals surface area contributed by atoms with E-state index in [1.807, 2.05) is 157 Å². The van der Waals surface area contributed by atoms with Crippen LogP contribution in [0.15, 0.2) is 191 Å². The minimum Gasteiger partial charge on any atom is -0.436 e. The van der Waals surface area contributed by atoms with Crippen LogP contribution in [-0.4, -0.2) is 15.0 Å². The standard InChI is InChI=1S/C49H30N4O2/c1-3-11-41-39(9-1)47(40-10-2-4-12-42(40)50-41)35-18-17-34-30-38(28-23-33(34)29-35)53(36-24-19-31(20-25-36)48-51-43-13-5-7-15-45(43)54-48)37-26-21-32(22-27-37)49-52-44-14-6-8-16-46(44)55-49/h1-30H/i17D,30D. The Bertz CT molecular complexity index is 3100. The fourth-order valence-corrected chi connectivity index (χ4v) is 7.44. The molecule has 11 aromatic rings. The zero-order chi connectivity index (χ0) is 38.0. The van der Waals surface area contributed by atoms with Crippen molar-refractivity contribution in [2.45, 2.75) is 0 Å². The monoisotopic (exact) mass is 708 g/mol. The third-order valence-electron chi connectivity index (χ3n) is 10.1. The lowest BCUT2D eigenvalue weighted by atomic mass is 9.94. The summed E-state index contributed by atoms with van der Waals surface area (Å²) in [5.41, 5.74) is 10.8. The highest BCUT2D eigenvalue weighted by atomic mass is 16.4. The molecule has 11 rings (SSSR count). The number of oxazole rings is 2. The first-order chi connectivity index (χ1) is 28.1. The van der Waals surface area contributed by atoms with Crippen molar-refractivity contribution in [2.75, 3.05) is 4.90 Å². The molecule has 55 heavy (non-hydrogen) atoms.